The van der Waals surface area contributed by atoms with Gasteiger partial charge in [-0.2, -0.15) is 0 Å². The number of nitrogens with zero attached hydrogens (tertiary/aromatic N) is 1. The van der Waals surface area contributed by atoms with Crippen molar-refractivity contribution < 1.29 is 19.0 Å². The average molecular weight is 295 g/mol. The highest BCUT2D eigenvalue weighted by atomic mass is 32.1. The molecular weight excluding hydrogens is 281 g/mol. The summed E-state index contributed by atoms with van der Waals surface area (Å²) in [7, 11) is 0. The van der Waals surface area contributed by atoms with Crippen LogP contribution in [0.4, 0.5) is 4.39 Å². The highest BCUT2D eigenvalue weighted by molar-refractivity contribution is 7.20. The molecular formula is C14H14FNO3S. The van der Waals surface area contributed by atoms with E-state index in [0.717, 1.165) is 10.1 Å². The highest BCUT2D eigenvalue weighted by Gasteiger charge is 2.25. The standard InChI is InChI=1S/C14H14FNO3S/c15-10-1-2-12-9(5-10)6-13(20-12)14(18)16-3-4-19-11(7-16)8-17/h1-2,5-6,11,17H,3-4,7-8H2. The number of ether oxygens (including phenoxy) is 1. The number of hydrogen-bond acceptors (Lipinski definition) is 4. The van der Waals surface area contributed by atoms with Gasteiger partial charge in [0.15, 0.2) is 0 Å². The van der Waals surface area contributed by atoms with Crippen molar-refractivity contribution in [2.75, 3.05) is 26.3 Å². The number of morpholine rings is 1. The van der Waals surface area contributed by atoms with E-state index in [1.54, 1.807) is 17.0 Å². The number of carbonyl (C=O) groups is 1. The fraction of sp³-hybridized carbons (Fsp3) is 0.357. The molecule has 1 aromatic carbocycles. The van der Waals surface area contributed by atoms with Gasteiger partial charge < -0.3 is 14.7 Å². The first-order chi connectivity index (χ1) is 9.67. The minimum absolute atomic E-state index is 0.0895. The monoisotopic (exact) mass is 295 g/mol. The first-order valence-electron chi connectivity index (χ1n) is 6.38. The molecule has 0 bridgehead atoms. The minimum Gasteiger partial charge on any atom is -0.394 e. The fourth-order valence-corrected chi connectivity index (χ4v) is 3.30. The van der Waals surface area contributed by atoms with Gasteiger partial charge in [0.1, 0.15) is 5.82 Å². The molecule has 1 aliphatic heterocycles. The number of halogens is 1. The second kappa shape index (κ2) is 5.47. The van der Waals surface area contributed by atoms with Gasteiger partial charge in [-0.25, -0.2) is 4.39 Å². The van der Waals surface area contributed by atoms with Crippen molar-refractivity contribution in [2.24, 2.45) is 0 Å². The molecule has 3 rings (SSSR count). The Balaban J connectivity index is 1.84. The predicted octanol–water partition coefficient (Wildman–Crippen LogP) is 1.87. The maximum atomic E-state index is 13.2. The smallest absolute Gasteiger partial charge is 0.264 e. The molecule has 1 aromatic heterocycles. The number of carbonyl (C=O) groups excluding carboxylic acids is 1. The van der Waals surface area contributed by atoms with E-state index in [1.807, 2.05) is 0 Å². The van der Waals surface area contributed by atoms with Crippen LogP contribution >= 0.6 is 11.3 Å². The molecule has 1 fully saturated rings. The van der Waals surface area contributed by atoms with Gasteiger partial charge in [0.25, 0.3) is 5.91 Å². The Morgan fingerprint density at radius 1 is 1.50 bits per heavy atom. The summed E-state index contributed by atoms with van der Waals surface area (Å²) in [6.45, 7) is 1.23. The van der Waals surface area contributed by atoms with E-state index in [4.69, 9.17) is 9.84 Å². The molecule has 1 amide bonds. The van der Waals surface area contributed by atoms with E-state index < -0.39 is 0 Å². The number of rotatable bonds is 2. The van der Waals surface area contributed by atoms with Crippen LogP contribution in [0.3, 0.4) is 0 Å². The van der Waals surface area contributed by atoms with Gasteiger partial charge in [-0.1, -0.05) is 0 Å². The number of fused-ring (bicyclic) bond motifs is 1. The summed E-state index contributed by atoms with van der Waals surface area (Å²) in [6, 6.07) is 6.22. The lowest BCUT2D eigenvalue weighted by Gasteiger charge is -2.31. The summed E-state index contributed by atoms with van der Waals surface area (Å²) in [6.07, 6.45) is -0.320. The molecule has 4 nitrogen and oxygen atoms in total. The zero-order chi connectivity index (χ0) is 14.1. The van der Waals surface area contributed by atoms with E-state index in [-0.39, 0.29) is 24.4 Å². The van der Waals surface area contributed by atoms with E-state index in [1.165, 1.54) is 23.5 Å². The van der Waals surface area contributed by atoms with E-state index in [0.29, 0.717) is 24.6 Å². The Bertz CT molecular complexity index is 642. The van der Waals surface area contributed by atoms with Crippen molar-refractivity contribution >= 4 is 27.3 Å². The topological polar surface area (TPSA) is 49.8 Å². The first kappa shape index (κ1) is 13.5. The van der Waals surface area contributed by atoms with Crippen LogP contribution in [-0.4, -0.2) is 48.3 Å². The number of thiophene rings is 1. The van der Waals surface area contributed by atoms with Gasteiger partial charge >= 0.3 is 0 Å². The number of aliphatic hydroxyl groups excluding tert-OH is 1. The maximum Gasteiger partial charge on any atom is 0.264 e. The Kier molecular flexibility index (Phi) is 3.69. The van der Waals surface area contributed by atoms with E-state index in [9.17, 15) is 9.18 Å². The zero-order valence-corrected chi connectivity index (χ0v) is 11.5. The van der Waals surface area contributed by atoms with E-state index in [2.05, 4.69) is 0 Å². The van der Waals surface area contributed by atoms with Crippen molar-refractivity contribution in [3.63, 3.8) is 0 Å². The molecule has 1 N–H and O–H groups in total. The zero-order valence-electron chi connectivity index (χ0n) is 10.7. The molecule has 20 heavy (non-hydrogen) atoms. The molecule has 2 aromatic rings. The number of aliphatic hydroxyl groups is 1. The van der Waals surface area contributed by atoms with Crippen LogP contribution in [0.25, 0.3) is 10.1 Å². The second-order valence-electron chi connectivity index (χ2n) is 4.72. The molecule has 1 aliphatic rings. The van der Waals surface area contributed by atoms with Crippen LogP contribution in [0.2, 0.25) is 0 Å². The molecule has 0 saturated carbocycles. The van der Waals surface area contributed by atoms with Gasteiger partial charge in [0.2, 0.25) is 0 Å². The summed E-state index contributed by atoms with van der Waals surface area (Å²) >= 11 is 1.36. The van der Waals surface area contributed by atoms with Gasteiger partial charge in [0, 0.05) is 17.8 Å². The molecule has 0 aliphatic carbocycles. The Labute approximate surface area is 119 Å². The largest absolute Gasteiger partial charge is 0.394 e. The Morgan fingerprint density at radius 3 is 3.15 bits per heavy atom. The van der Waals surface area contributed by atoms with Crippen molar-refractivity contribution in [3.8, 4) is 0 Å². The minimum atomic E-state index is -0.320. The normalized spacial score (nSPS) is 19.5. The van der Waals surface area contributed by atoms with Crippen molar-refractivity contribution in [3.05, 3.63) is 35.0 Å². The maximum absolute atomic E-state index is 13.2. The SMILES string of the molecule is O=C(c1cc2cc(F)ccc2s1)N1CCOC(CO)C1. The van der Waals surface area contributed by atoms with Crippen LogP contribution in [-0.2, 0) is 4.74 Å². The van der Waals surface area contributed by atoms with Gasteiger partial charge in [0.05, 0.1) is 24.2 Å². The van der Waals surface area contributed by atoms with Gasteiger partial charge in [-0.05, 0) is 29.7 Å². The van der Waals surface area contributed by atoms with Crippen molar-refractivity contribution in [1.29, 1.82) is 0 Å². The predicted molar refractivity (Wildman–Crippen MR) is 74.5 cm³/mol. The van der Waals surface area contributed by atoms with Crippen LogP contribution in [0, 0.1) is 5.82 Å². The summed E-state index contributed by atoms with van der Waals surface area (Å²) in [5, 5.41) is 9.85. The molecule has 1 saturated heterocycles. The molecule has 0 radical (unpaired) electrons. The third-order valence-corrected chi connectivity index (χ3v) is 4.42. The molecule has 6 heteroatoms. The lowest BCUT2D eigenvalue weighted by Crippen LogP contribution is -2.46. The highest BCUT2D eigenvalue weighted by Crippen LogP contribution is 2.27. The van der Waals surface area contributed by atoms with Crippen LogP contribution in [0.1, 0.15) is 9.67 Å². The number of amides is 1. The quantitative estimate of drug-likeness (QED) is 0.920. The summed E-state index contributed by atoms with van der Waals surface area (Å²) in [4.78, 5) is 14.7. The molecule has 2 heterocycles. The second-order valence-corrected chi connectivity index (χ2v) is 5.80. The summed E-state index contributed by atoms with van der Waals surface area (Å²) < 4.78 is 19.4. The molecule has 0 spiro atoms. The number of benzene rings is 1. The summed E-state index contributed by atoms with van der Waals surface area (Å²) in [5.74, 6) is -0.394. The lowest BCUT2D eigenvalue weighted by atomic mass is 10.2. The molecule has 1 atom stereocenters. The number of hydrogen-bond donors (Lipinski definition) is 1. The third kappa shape index (κ3) is 2.54. The molecule has 106 valence electrons. The van der Waals surface area contributed by atoms with Crippen LogP contribution in [0.5, 0.6) is 0 Å². The van der Waals surface area contributed by atoms with Crippen LogP contribution < -0.4 is 0 Å². The Morgan fingerprint density at radius 2 is 2.35 bits per heavy atom. The van der Waals surface area contributed by atoms with Crippen molar-refractivity contribution in [1.82, 2.24) is 4.90 Å². The lowest BCUT2D eigenvalue weighted by molar-refractivity contribution is -0.0446. The van der Waals surface area contributed by atoms with Crippen LogP contribution in [0.15, 0.2) is 24.3 Å². The summed E-state index contributed by atoms with van der Waals surface area (Å²) in [5.41, 5.74) is 0. The van der Waals surface area contributed by atoms with Gasteiger partial charge in [-0.3, -0.25) is 4.79 Å². The van der Waals surface area contributed by atoms with E-state index >= 15 is 0 Å². The fourth-order valence-electron chi connectivity index (χ4n) is 2.29. The average Bonchev–Trinajstić information content (AvgIpc) is 2.89. The van der Waals surface area contributed by atoms with Crippen molar-refractivity contribution in [2.45, 2.75) is 6.10 Å². The Hall–Kier alpha value is -1.50. The third-order valence-electron chi connectivity index (χ3n) is 3.32. The first-order valence-corrected chi connectivity index (χ1v) is 7.20. The molecule has 1 unspecified atom stereocenters. The van der Waals surface area contributed by atoms with Gasteiger partial charge in [-0.15, -0.1) is 11.3 Å².